The number of hydrogen-bond donors (Lipinski definition) is 2. The van der Waals surface area contributed by atoms with Crippen LogP contribution in [0.15, 0.2) is 34.8 Å². The summed E-state index contributed by atoms with van der Waals surface area (Å²) in [5, 5.41) is 4.86. The van der Waals surface area contributed by atoms with Crippen molar-refractivity contribution < 1.29 is 14.3 Å². The van der Waals surface area contributed by atoms with Crippen LogP contribution in [0.25, 0.3) is 21.8 Å². The van der Waals surface area contributed by atoms with Crippen LogP contribution in [0, 0.1) is 5.92 Å². The lowest BCUT2D eigenvalue weighted by atomic mass is 10.0. The Labute approximate surface area is 183 Å². The van der Waals surface area contributed by atoms with Crippen molar-refractivity contribution in [2.75, 3.05) is 13.7 Å². The second-order valence-corrected chi connectivity index (χ2v) is 8.91. The molecule has 4 rings (SSSR count). The topological polar surface area (TPSA) is 87.3 Å². The van der Waals surface area contributed by atoms with Gasteiger partial charge in [0.05, 0.1) is 24.2 Å². The van der Waals surface area contributed by atoms with Gasteiger partial charge in [0.15, 0.2) is 0 Å². The van der Waals surface area contributed by atoms with E-state index in [0.717, 1.165) is 44.9 Å². The highest BCUT2D eigenvalue weighted by atomic mass is 79.9. The number of aromatic amines is 1. The lowest BCUT2D eigenvalue weighted by Crippen LogP contribution is -2.51. The van der Waals surface area contributed by atoms with E-state index in [1.54, 1.807) is 0 Å². The third-order valence-corrected chi connectivity index (χ3v) is 6.18. The Bertz CT molecular complexity index is 1110. The van der Waals surface area contributed by atoms with E-state index in [1.807, 2.05) is 30.9 Å². The van der Waals surface area contributed by atoms with Crippen molar-refractivity contribution in [3.8, 4) is 0 Å². The summed E-state index contributed by atoms with van der Waals surface area (Å²) in [6.07, 6.45) is 1.13. The highest BCUT2D eigenvalue weighted by Crippen LogP contribution is 2.34. The van der Waals surface area contributed by atoms with Crippen molar-refractivity contribution in [3.63, 3.8) is 0 Å². The van der Waals surface area contributed by atoms with Crippen LogP contribution in [-0.2, 0) is 9.53 Å². The molecule has 1 unspecified atom stereocenters. The largest absolute Gasteiger partial charge is 0.453 e. The zero-order chi connectivity index (χ0) is 21.4. The van der Waals surface area contributed by atoms with Gasteiger partial charge in [0.25, 0.3) is 0 Å². The number of rotatable bonds is 4. The molecule has 2 N–H and O–H groups in total. The van der Waals surface area contributed by atoms with E-state index in [1.165, 1.54) is 7.11 Å². The number of carbonyl (C=O) groups is 2. The van der Waals surface area contributed by atoms with E-state index < -0.39 is 12.1 Å². The summed E-state index contributed by atoms with van der Waals surface area (Å²) >= 11 is 3.52. The number of fused-ring (bicyclic) bond motifs is 3. The van der Waals surface area contributed by atoms with Crippen molar-refractivity contribution >= 4 is 49.7 Å². The molecule has 7 nitrogen and oxygen atoms in total. The SMILES string of the molecule is COC(=O)NC(C(=O)N1CCC[C@H]1c1nc2c(ccc3cc(Br)ccc32)[nH]1)C(C)C. The minimum Gasteiger partial charge on any atom is -0.453 e. The van der Waals surface area contributed by atoms with Crippen molar-refractivity contribution in [1.29, 1.82) is 0 Å². The number of halogens is 1. The lowest BCUT2D eigenvalue weighted by Gasteiger charge is -2.29. The maximum absolute atomic E-state index is 13.3. The van der Waals surface area contributed by atoms with Crippen LogP contribution >= 0.6 is 15.9 Å². The minimum absolute atomic E-state index is 0.0593. The number of benzene rings is 2. The fourth-order valence-corrected chi connectivity index (χ4v) is 4.52. The number of aromatic nitrogens is 2. The molecule has 0 radical (unpaired) electrons. The lowest BCUT2D eigenvalue weighted by molar-refractivity contribution is -0.135. The Morgan fingerprint density at radius 1 is 1.30 bits per heavy atom. The van der Waals surface area contributed by atoms with Gasteiger partial charge < -0.3 is 19.9 Å². The molecule has 30 heavy (non-hydrogen) atoms. The first-order chi connectivity index (χ1) is 14.4. The van der Waals surface area contributed by atoms with Gasteiger partial charge in [0, 0.05) is 16.4 Å². The number of hydrogen-bond acceptors (Lipinski definition) is 4. The summed E-state index contributed by atoms with van der Waals surface area (Å²) in [5.41, 5.74) is 1.86. The molecular weight excluding hydrogens is 448 g/mol. The predicted molar refractivity (Wildman–Crippen MR) is 119 cm³/mol. The maximum atomic E-state index is 13.3. The molecule has 0 spiro atoms. The highest BCUT2D eigenvalue weighted by Gasteiger charge is 2.37. The van der Waals surface area contributed by atoms with Crippen LogP contribution in [0.1, 0.15) is 38.6 Å². The van der Waals surface area contributed by atoms with E-state index in [9.17, 15) is 9.59 Å². The Hall–Kier alpha value is -2.61. The third kappa shape index (κ3) is 3.76. The van der Waals surface area contributed by atoms with Crippen LogP contribution in [0.2, 0.25) is 0 Å². The Morgan fingerprint density at radius 2 is 2.10 bits per heavy atom. The van der Waals surface area contributed by atoms with Crippen LogP contribution in [-0.4, -0.2) is 46.6 Å². The van der Waals surface area contributed by atoms with Gasteiger partial charge in [-0.3, -0.25) is 4.79 Å². The quantitative estimate of drug-likeness (QED) is 0.583. The van der Waals surface area contributed by atoms with E-state index in [2.05, 4.69) is 44.4 Å². The Morgan fingerprint density at radius 3 is 2.83 bits per heavy atom. The van der Waals surface area contributed by atoms with Gasteiger partial charge in [0.1, 0.15) is 11.9 Å². The summed E-state index contributed by atoms with van der Waals surface area (Å²) in [5.74, 6) is 0.620. The first-order valence-corrected chi connectivity index (χ1v) is 10.9. The number of amides is 2. The number of imidazole rings is 1. The molecule has 1 saturated heterocycles. The molecule has 0 aliphatic carbocycles. The van der Waals surface area contributed by atoms with E-state index >= 15 is 0 Å². The van der Waals surface area contributed by atoms with Crippen molar-refractivity contribution in [2.24, 2.45) is 5.92 Å². The number of ether oxygens (including phenoxy) is 1. The molecule has 1 fully saturated rings. The molecule has 1 aliphatic rings. The molecule has 0 saturated carbocycles. The van der Waals surface area contributed by atoms with E-state index in [0.29, 0.717) is 6.54 Å². The van der Waals surface area contributed by atoms with Gasteiger partial charge in [-0.05, 0) is 42.3 Å². The summed E-state index contributed by atoms with van der Waals surface area (Å²) in [7, 11) is 1.30. The maximum Gasteiger partial charge on any atom is 0.407 e. The van der Waals surface area contributed by atoms with Crippen LogP contribution in [0.4, 0.5) is 4.79 Å². The molecule has 2 atom stereocenters. The molecular formula is C22H25BrN4O3. The minimum atomic E-state index is -0.638. The van der Waals surface area contributed by atoms with Gasteiger partial charge in [-0.2, -0.15) is 0 Å². The second kappa shape index (κ2) is 8.26. The smallest absolute Gasteiger partial charge is 0.407 e. The Balaban J connectivity index is 1.67. The number of nitrogens with zero attached hydrogens (tertiary/aromatic N) is 2. The standard InChI is InChI=1S/C22H25BrN4O3/c1-12(2)18(26-22(29)30-3)21(28)27-10-4-5-17(27)20-24-16-9-6-13-11-14(23)7-8-15(13)19(16)25-20/h6-9,11-12,17-18H,4-5,10H2,1-3H3,(H,24,25)(H,26,29)/t17-,18?/m0/s1. The van der Waals surface area contributed by atoms with Crippen molar-refractivity contribution in [1.82, 2.24) is 20.2 Å². The Kier molecular flexibility index (Phi) is 5.69. The molecule has 8 heteroatoms. The molecule has 2 aromatic carbocycles. The summed E-state index contributed by atoms with van der Waals surface area (Å²) < 4.78 is 5.73. The number of likely N-dealkylation sites (tertiary alicyclic amines) is 1. The van der Waals surface area contributed by atoms with Gasteiger partial charge >= 0.3 is 6.09 Å². The third-order valence-electron chi connectivity index (χ3n) is 5.69. The van der Waals surface area contributed by atoms with E-state index in [4.69, 9.17) is 9.72 Å². The number of nitrogens with one attached hydrogen (secondary N) is 2. The summed E-state index contributed by atoms with van der Waals surface area (Å²) in [6.45, 7) is 4.46. The fraction of sp³-hybridized carbons (Fsp3) is 0.409. The normalized spacial score (nSPS) is 17.6. The van der Waals surface area contributed by atoms with Crippen molar-refractivity contribution in [3.05, 3.63) is 40.6 Å². The number of H-pyrrole nitrogens is 1. The molecule has 1 aliphatic heterocycles. The predicted octanol–water partition coefficient (Wildman–Crippen LogP) is 4.52. The van der Waals surface area contributed by atoms with Crippen LogP contribution in [0.3, 0.4) is 0 Å². The highest BCUT2D eigenvalue weighted by molar-refractivity contribution is 9.10. The average Bonchev–Trinajstić information content (AvgIpc) is 3.37. The van der Waals surface area contributed by atoms with Gasteiger partial charge in [-0.25, -0.2) is 9.78 Å². The molecule has 1 aromatic heterocycles. The molecule has 0 bridgehead atoms. The summed E-state index contributed by atoms with van der Waals surface area (Å²) in [4.78, 5) is 35.2. The zero-order valence-corrected chi connectivity index (χ0v) is 18.8. The zero-order valence-electron chi connectivity index (χ0n) is 17.2. The first-order valence-electron chi connectivity index (χ1n) is 10.1. The molecule has 158 valence electrons. The monoisotopic (exact) mass is 472 g/mol. The van der Waals surface area contributed by atoms with E-state index in [-0.39, 0.29) is 17.9 Å². The number of methoxy groups -OCH3 is 1. The van der Waals surface area contributed by atoms with Crippen molar-refractivity contribution in [2.45, 2.75) is 38.8 Å². The molecule has 3 aromatic rings. The molecule has 2 heterocycles. The number of alkyl carbamates (subject to hydrolysis) is 1. The second-order valence-electron chi connectivity index (χ2n) is 8.00. The van der Waals surface area contributed by atoms with Gasteiger partial charge in [-0.1, -0.05) is 41.9 Å². The first kappa shape index (κ1) is 20.7. The fourth-order valence-electron chi connectivity index (χ4n) is 4.14. The summed E-state index contributed by atoms with van der Waals surface area (Å²) in [6, 6.07) is 9.44. The van der Waals surface area contributed by atoms with Crippen LogP contribution in [0.5, 0.6) is 0 Å². The van der Waals surface area contributed by atoms with Crippen LogP contribution < -0.4 is 5.32 Å². The van der Waals surface area contributed by atoms with Gasteiger partial charge in [-0.15, -0.1) is 0 Å². The van der Waals surface area contributed by atoms with Gasteiger partial charge in [0.2, 0.25) is 5.91 Å². The molecule has 2 amide bonds. The average molecular weight is 473 g/mol. The number of carbonyl (C=O) groups excluding carboxylic acids is 2.